The lowest BCUT2D eigenvalue weighted by Gasteiger charge is -2.12. The van der Waals surface area contributed by atoms with Crippen LogP contribution >= 0.6 is 15.9 Å². The molecule has 0 aliphatic rings. The molecule has 0 saturated heterocycles. The van der Waals surface area contributed by atoms with Gasteiger partial charge in [-0.3, -0.25) is 4.79 Å². The Kier molecular flexibility index (Phi) is 4.45. The van der Waals surface area contributed by atoms with Gasteiger partial charge in [-0.05, 0) is 19.1 Å². The Labute approximate surface area is 130 Å². The minimum absolute atomic E-state index is 0.0540. The van der Waals surface area contributed by atoms with E-state index in [1.54, 1.807) is 6.92 Å². The molecule has 0 aliphatic heterocycles. The Morgan fingerprint density at radius 3 is 2.59 bits per heavy atom. The smallest absolute Gasteiger partial charge is 0.461 e. The van der Waals surface area contributed by atoms with Crippen molar-refractivity contribution in [2.45, 2.75) is 13.3 Å². The minimum Gasteiger partial charge on any atom is -0.461 e. The molecule has 0 amide bonds. The van der Waals surface area contributed by atoms with Crippen molar-refractivity contribution in [1.82, 2.24) is 4.98 Å². The van der Waals surface area contributed by atoms with Crippen molar-refractivity contribution in [1.29, 1.82) is 0 Å². The summed E-state index contributed by atoms with van der Waals surface area (Å²) in [5.74, 6) is -1.47. The number of alkyl halides is 3. The molecule has 1 aromatic carbocycles. The molecule has 0 atom stereocenters. The average Bonchev–Trinajstić information content (AvgIpc) is 2.38. The highest BCUT2D eigenvalue weighted by Gasteiger charge is 2.32. The molecule has 0 spiro atoms. The van der Waals surface area contributed by atoms with Gasteiger partial charge in [0.2, 0.25) is 0 Å². The predicted molar refractivity (Wildman–Crippen MR) is 74.9 cm³/mol. The zero-order valence-electron chi connectivity index (χ0n) is 11.1. The fourth-order valence-electron chi connectivity index (χ4n) is 1.81. The van der Waals surface area contributed by atoms with Crippen LogP contribution in [0.4, 0.5) is 13.2 Å². The third-order valence-electron chi connectivity index (χ3n) is 2.59. The molecule has 5 nitrogen and oxygen atoms in total. The van der Waals surface area contributed by atoms with Crippen LogP contribution in [0.1, 0.15) is 17.4 Å². The summed E-state index contributed by atoms with van der Waals surface area (Å²) in [6.45, 7) is 1.62. The molecule has 0 radical (unpaired) electrons. The third-order valence-corrected chi connectivity index (χ3v) is 3.05. The summed E-state index contributed by atoms with van der Waals surface area (Å²) in [6.07, 6.45) is -4.94. The Morgan fingerprint density at radius 1 is 1.32 bits per heavy atom. The van der Waals surface area contributed by atoms with Gasteiger partial charge in [0.1, 0.15) is 5.69 Å². The number of fused-ring (bicyclic) bond motifs is 1. The van der Waals surface area contributed by atoms with Crippen LogP contribution in [0, 0.1) is 0 Å². The van der Waals surface area contributed by atoms with Gasteiger partial charge in [-0.2, -0.15) is 0 Å². The van der Waals surface area contributed by atoms with Crippen molar-refractivity contribution in [2.75, 3.05) is 6.61 Å². The number of carbonyl (C=O) groups excluding carboxylic acids is 1. The lowest BCUT2D eigenvalue weighted by Crippen LogP contribution is -2.19. The number of benzene rings is 1. The van der Waals surface area contributed by atoms with E-state index in [1.807, 2.05) is 0 Å². The van der Waals surface area contributed by atoms with Crippen LogP contribution in [0.15, 0.2) is 27.5 Å². The summed E-state index contributed by atoms with van der Waals surface area (Å²) in [5.41, 5.74) is -1.13. The Balaban J connectivity index is 2.69. The molecule has 0 unspecified atom stereocenters. The van der Waals surface area contributed by atoms with E-state index in [-0.39, 0.29) is 27.7 Å². The van der Waals surface area contributed by atoms with Crippen LogP contribution in [-0.4, -0.2) is 23.9 Å². The molecule has 1 N–H and O–H groups in total. The van der Waals surface area contributed by atoms with Gasteiger partial charge in [0.15, 0.2) is 11.2 Å². The van der Waals surface area contributed by atoms with Crippen molar-refractivity contribution in [3.63, 3.8) is 0 Å². The summed E-state index contributed by atoms with van der Waals surface area (Å²) in [5, 5.41) is -0.0540. The second-order valence-electron chi connectivity index (χ2n) is 4.14. The number of pyridine rings is 1. The highest BCUT2D eigenvalue weighted by molar-refractivity contribution is 9.10. The van der Waals surface area contributed by atoms with Crippen LogP contribution < -0.4 is 10.2 Å². The van der Waals surface area contributed by atoms with E-state index in [0.717, 1.165) is 12.1 Å². The molecule has 1 heterocycles. The fourth-order valence-corrected chi connectivity index (χ4v) is 2.25. The number of ether oxygens (including phenoxy) is 2. The number of aromatic nitrogens is 1. The average molecular weight is 380 g/mol. The number of rotatable bonds is 3. The second-order valence-corrected chi connectivity index (χ2v) is 5.06. The van der Waals surface area contributed by atoms with E-state index in [9.17, 15) is 22.8 Å². The summed E-state index contributed by atoms with van der Waals surface area (Å²) in [6, 6.07) is 3.33. The zero-order valence-corrected chi connectivity index (χ0v) is 12.7. The van der Waals surface area contributed by atoms with Crippen molar-refractivity contribution >= 4 is 32.8 Å². The van der Waals surface area contributed by atoms with Crippen molar-refractivity contribution < 1.29 is 27.4 Å². The van der Waals surface area contributed by atoms with E-state index in [1.165, 1.54) is 6.07 Å². The van der Waals surface area contributed by atoms with Crippen molar-refractivity contribution in [3.8, 4) is 5.75 Å². The normalized spacial score (nSPS) is 11.5. The van der Waals surface area contributed by atoms with Gasteiger partial charge in [-0.1, -0.05) is 15.9 Å². The largest absolute Gasteiger partial charge is 0.573 e. The topological polar surface area (TPSA) is 68.4 Å². The first-order chi connectivity index (χ1) is 10.2. The van der Waals surface area contributed by atoms with Crippen LogP contribution in [-0.2, 0) is 4.74 Å². The molecular weight excluding hydrogens is 371 g/mol. The Morgan fingerprint density at radius 2 is 2.00 bits per heavy atom. The number of nitrogens with one attached hydrogen (secondary N) is 1. The van der Waals surface area contributed by atoms with Gasteiger partial charge >= 0.3 is 12.3 Å². The van der Waals surface area contributed by atoms with E-state index >= 15 is 0 Å². The first-order valence-corrected chi connectivity index (χ1v) is 6.80. The monoisotopic (exact) mass is 379 g/mol. The summed E-state index contributed by atoms with van der Waals surface area (Å²) in [7, 11) is 0. The molecule has 22 heavy (non-hydrogen) atoms. The van der Waals surface area contributed by atoms with Crippen LogP contribution in [0.25, 0.3) is 10.9 Å². The molecule has 0 fully saturated rings. The maximum absolute atomic E-state index is 12.5. The molecule has 1 aromatic heterocycles. The van der Waals surface area contributed by atoms with Crippen molar-refractivity contribution in [2.24, 2.45) is 0 Å². The Hall–Kier alpha value is -2.03. The van der Waals surface area contributed by atoms with Gasteiger partial charge in [-0.15, -0.1) is 13.2 Å². The highest BCUT2D eigenvalue weighted by Crippen LogP contribution is 2.31. The standard InChI is InChI=1S/C13H9BrF3NO4/c1-2-21-12(20)8-5-9(19)7-3-6(14)4-10(11(7)18-8)22-13(15,16)17/h3-5H,2H2,1H3,(H,18,19). The molecule has 0 bridgehead atoms. The molecular formula is C13H9BrF3NO4. The zero-order chi connectivity index (χ0) is 16.5. The van der Waals surface area contributed by atoms with Gasteiger partial charge in [0.05, 0.1) is 17.5 Å². The maximum atomic E-state index is 12.5. The van der Waals surface area contributed by atoms with Gasteiger partial charge in [-0.25, -0.2) is 4.79 Å². The quantitative estimate of drug-likeness (QED) is 0.830. The molecule has 2 aromatic rings. The molecule has 9 heteroatoms. The van der Waals surface area contributed by atoms with Gasteiger partial charge < -0.3 is 14.5 Å². The van der Waals surface area contributed by atoms with Crippen LogP contribution in [0.2, 0.25) is 0 Å². The van der Waals surface area contributed by atoms with E-state index < -0.39 is 23.5 Å². The number of hydrogen-bond donors (Lipinski definition) is 1. The van der Waals surface area contributed by atoms with Gasteiger partial charge in [0.25, 0.3) is 0 Å². The highest BCUT2D eigenvalue weighted by atomic mass is 79.9. The van der Waals surface area contributed by atoms with E-state index in [0.29, 0.717) is 0 Å². The first kappa shape index (κ1) is 16.3. The second kappa shape index (κ2) is 5.99. The van der Waals surface area contributed by atoms with Crippen LogP contribution in [0.5, 0.6) is 5.75 Å². The predicted octanol–water partition coefficient (Wildman–Crippen LogP) is 3.37. The SMILES string of the molecule is CCOC(=O)c1cc(=O)c2cc(Br)cc(OC(F)(F)F)c2[nH]1. The molecule has 0 aliphatic carbocycles. The number of hydrogen-bond acceptors (Lipinski definition) is 4. The van der Waals surface area contributed by atoms with Gasteiger partial charge in [0, 0.05) is 10.5 Å². The summed E-state index contributed by atoms with van der Waals surface area (Å²) >= 11 is 3.01. The summed E-state index contributed by atoms with van der Waals surface area (Å²) in [4.78, 5) is 26.1. The van der Waals surface area contributed by atoms with E-state index in [4.69, 9.17) is 4.74 Å². The van der Waals surface area contributed by atoms with E-state index in [2.05, 4.69) is 25.7 Å². The number of esters is 1. The summed E-state index contributed by atoms with van der Waals surface area (Å²) < 4.78 is 46.2. The number of halogens is 4. The maximum Gasteiger partial charge on any atom is 0.573 e. The third kappa shape index (κ3) is 3.59. The molecule has 0 saturated carbocycles. The first-order valence-electron chi connectivity index (χ1n) is 6.00. The van der Waals surface area contributed by atoms with Crippen LogP contribution in [0.3, 0.4) is 0 Å². The lowest BCUT2D eigenvalue weighted by molar-refractivity contribution is -0.274. The lowest BCUT2D eigenvalue weighted by atomic mass is 10.2. The number of H-pyrrole nitrogens is 1. The molecule has 2 rings (SSSR count). The molecule has 118 valence electrons. The Bertz CT molecular complexity index is 785. The fraction of sp³-hybridized carbons (Fsp3) is 0.231. The van der Waals surface area contributed by atoms with Crippen molar-refractivity contribution in [3.05, 3.63) is 38.6 Å². The number of carbonyl (C=O) groups is 1. The minimum atomic E-state index is -4.94. The number of aromatic amines is 1.